The first-order chi connectivity index (χ1) is 14.5. The number of nitriles is 1. The molecule has 0 spiro atoms. The number of amides is 1. The number of hydrogen-bond acceptors (Lipinski definition) is 6. The highest BCUT2D eigenvalue weighted by molar-refractivity contribution is 6.04. The van der Waals surface area contributed by atoms with Crippen LogP contribution < -0.4 is 10.1 Å². The minimum absolute atomic E-state index is 0.0560. The van der Waals surface area contributed by atoms with Crippen molar-refractivity contribution >= 4 is 17.6 Å². The van der Waals surface area contributed by atoms with Crippen molar-refractivity contribution < 1.29 is 19.4 Å². The molecule has 2 N–H and O–H groups in total. The predicted octanol–water partition coefficient (Wildman–Crippen LogP) is 2.82. The SMILES string of the molecule is COc1ccc(C2c3c(C)nn(C(=O)c4ccccc4O)c3NC(=O)C2C#N)cc1. The van der Waals surface area contributed by atoms with Gasteiger partial charge in [-0.3, -0.25) is 9.59 Å². The van der Waals surface area contributed by atoms with E-state index >= 15 is 0 Å². The Balaban J connectivity index is 1.88. The molecule has 0 saturated heterocycles. The molecule has 150 valence electrons. The van der Waals surface area contributed by atoms with Crippen LogP contribution in [-0.4, -0.2) is 33.8 Å². The minimum Gasteiger partial charge on any atom is -0.507 e. The van der Waals surface area contributed by atoms with Crippen LogP contribution >= 0.6 is 0 Å². The number of benzene rings is 2. The summed E-state index contributed by atoms with van der Waals surface area (Å²) in [6.07, 6.45) is 0. The lowest BCUT2D eigenvalue weighted by Crippen LogP contribution is -2.35. The van der Waals surface area contributed by atoms with Gasteiger partial charge in [-0.1, -0.05) is 24.3 Å². The van der Waals surface area contributed by atoms with Crippen molar-refractivity contribution in [3.05, 3.63) is 70.9 Å². The fourth-order valence-corrected chi connectivity index (χ4v) is 3.76. The lowest BCUT2D eigenvalue weighted by Gasteiger charge is -2.28. The summed E-state index contributed by atoms with van der Waals surface area (Å²) in [7, 11) is 1.55. The van der Waals surface area contributed by atoms with Gasteiger partial charge in [0.05, 0.1) is 24.4 Å². The molecule has 4 rings (SSSR count). The molecule has 2 aromatic carbocycles. The number of hydrogen-bond donors (Lipinski definition) is 2. The van der Waals surface area contributed by atoms with Crippen LogP contribution in [-0.2, 0) is 4.79 Å². The Morgan fingerprint density at radius 1 is 1.23 bits per heavy atom. The summed E-state index contributed by atoms with van der Waals surface area (Å²) in [5, 5.41) is 26.7. The molecule has 1 aliphatic rings. The van der Waals surface area contributed by atoms with Gasteiger partial charge in [0.15, 0.2) is 0 Å². The monoisotopic (exact) mass is 402 g/mol. The molecule has 1 amide bonds. The maximum absolute atomic E-state index is 13.0. The molecule has 0 aliphatic carbocycles. The Morgan fingerprint density at radius 2 is 1.93 bits per heavy atom. The van der Waals surface area contributed by atoms with Gasteiger partial charge < -0.3 is 15.2 Å². The predicted molar refractivity (Wildman–Crippen MR) is 107 cm³/mol. The Labute approximate surface area is 172 Å². The molecular weight excluding hydrogens is 384 g/mol. The van der Waals surface area contributed by atoms with E-state index in [9.17, 15) is 20.0 Å². The number of nitrogens with zero attached hydrogens (tertiary/aromatic N) is 3. The van der Waals surface area contributed by atoms with Crippen molar-refractivity contribution in [3.63, 3.8) is 0 Å². The van der Waals surface area contributed by atoms with Gasteiger partial charge in [-0.15, -0.1) is 0 Å². The molecule has 0 fully saturated rings. The number of aromatic nitrogens is 2. The molecule has 2 atom stereocenters. The van der Waals surface area contributed by atoms with Crippen molar-refractivity contribution in [2.45, 2.75) is 12.8 Å². The van der Waals surface area contributed by atoms with Gasteiger partial charge in [0.1, 0.15) is 23.2 Å². The maximum atomic E-state index is 13.0. The Hall–Kier alpha value is -4.12. The third-order valence-corrected chi connectivity index (χ3v) is 5.22. The number of phenols is 1. The first-order valence-electron chi connectivity index (χ1n) is 9.23. The second kappa shape index (κ2) is 7.37. The number of nitrogens with one attached hydrogen (secondary N) is 1. The quantitative estimate of drug-likeness (QED) is 0.696. The molecule has 8 heteroatoms. The summed E-state index contributed by atoms with van der Waals surface area (Å²) < 4.78 is 6.26. The summed E-state index contributed by atoms with van der Waals surface area (Å²) in [6.45, 7) is 1.72. The number of phenolic OH excluding ortho intramolecular Hbond substituents is 1. The summed E-state index contributed by atoms with van der Waals surface area (Å²) in [5.41, 5.74) is 1.89. The van der Waals surface area contributed by atoms with Crippen LogP contribution in [0, 0.1) is 24.2 Å². The number of carbonyl (C=O) groups is 2. The largest absolute Gasteiger partial charge is 0.507 e. The third kappa shape index (κ3) is 2.97. The molecule has 1 aromatic heterocycles. The second-order valence-electron chi connectivity index (χ2n) is 6.93. The van der Waals surface area contributed by atoms with Gasteiger partial charge in [0.2, 0.25) is 5.91 Å². The van der Waals surface area contributed by atoms with E-state index in [1.54, 1.807) is 50.4 Å². The van der Waals surface area contributed by atoms with E-state index in [0.29, 0.717) is 17.0 Å². The Bertz CT molecular complexity index is 1190. The molecular formula is C22H18N4O4. The highest BCUT2D eigenvalue weighted by Gasteiger charge is 2.41. The number of aryl methyl sites for hydroxylation is 1. The van der Waals surface area contributed by atoms with Gasteiger partial charge in [0.25, 0.3) is 5.91 Å². The van der Waals surface area contributed by atoms with Gasteiger partial charge in [-0.2, -0.15) is 15.0 Å². The van der Waals surface area contributed by atoms with Crippen LogP contribution in [0.4, 0.5) is 5.82 Å². The molecule has 8 nitrogen and oxygen atoms in total. The fraction of sp³-hybridized carbons (Fsp3) is 0.182. The summed E-state index contributed by atoms with van der Waals surface area (Å²) in [6, 6.07) is 15.3. The molecule has 3 aromatic rings. The average molecular weight is 402 g/mol. The molecule has 0 saturated carbocycles. The standard InChI is InChI=1S/C22H18N4O4/c1-12-18-19(13-7-9-14(30-2)10-8-13)16(11-23)21(28)24-20(18)26(25-12)22(29)15-5-3-4-6-17(15)27/h3-10,16,19,27H,1-2H3,(H,24,28). The van der Waals surface area contributed by atoms with E-state index in [4.69, 9.17) is 4.74 Å². The summed E-state index contributed by atoms with van der Waals surface area (Å²) in [4.78, 5) is 25.8. The zero-order chi connectivity index (χ0) is 21.4. The van der Waals surface area contributed by atoms with Crippen LogP contribution in [0.15, 0.2) is 48.5 Å². The van der Waals surface area contributed by atoms with E-state index in [-0.39, 0.29) is 17.1 Å². The molecule has 30 heavy (non-hydrogen) atoms. The van der Waals surface area contributed by atoms with Crippen LogP contribution in [0.2, 0.25) is 0 Å². The van der Waals surface area contributed by atoms with Crippen molar-refractivity contribution in [3.8, 4) is 17.6 Å². The van der Waals surface area contributed by atoms with Gasteiger partial charge in [-0.05, 0) is 36.8 Å². The van der Waals surface area contributed by atoms with Crippen molar-refractivity contribution in [2.24, 2.45) is 5.92 Å². The maximum Gasteiger partial charge on any atom is 0.283 e. The van der Waals surface area contributed by atoms with Crippen LogP contribution in [0.1, 0.15) is 33.1 Å². The lowest BCUT2D eigenvalue weighted by atomic mass is 9.78. The van der Waals surface area contributed by atoms with Crippen LogP contribution in [0.25, 0.3) is 0 Å². The highest BCUT2D eigenvalue weighted by atomic mass is 16.5. The highest BCUT2D eigenvalue weighted by Crippen LogP contribution is 2.43. The number of aromatic hydroxyl groups is 1. The molecule has 0 bridgehead atoms. The van der Waals surface area contributed by atoms with Crippen molar-refractivity contribution in [1.29, 1.82) is 5.26 Å². The number of anilines is 1. The molecule has 1 aliphatic heterocycles. The second-order valence-corrected chi connectivity index (χ2v) is 6.93. The Kier molecular flexibility index (Phi) is 4.72. The van der Waals surface area contributed by atoms with Gasteiger partial charge >= 0.3 is 0 Å². The van der Waals surface area contributed by atoms with Crippen molar-refractivity contribution in [1.82, 2.24) is 9.78 Å². The van der Waals surface area contributed by atoms with Gasteiger partial charge in [0, 0.05) is 11.5 Å². The Morgan fingerprint density at radius 3 is 2.57 bits per heavy atom. The van der Waals surface area contributed by atoms with E-state index in [2.05, 4.69) is 16.5 Å². The van der Waals surface area contributed by atoms with Crippen LogP contribution in [0.3, 0.4) is 0 Å². The zero-order valence-corrected chi connectivity index (χ0v) is 16.3. The molecule has 2 unspecified atom stereocenters. The number of methoxy groups -OCH3 is 1. The average Bonchev–Trinajstić information content (AvgIpc) is 3.08. The number of para-hydroxylation sites is 1. The topological polar surface area (TPSA) is 117 Å². The van der Waals surface area contributed by atoms with E-state index in [1.807, 2.05) is 0 Å². The number of rotatable bonds is 3. The number of fused-ring (bicyclic) bond motifs is 1. The summed E-state index contributed by atoms with van der Waals surface area (Å²) in [5.74, 6) is -2.02. The van der Waals surface area contributed by atoms with E-state index < -0.39 is 23.7 Å². The van der Waals surface area contributed by atoms with E-state index in [1.165, 1.54) is 12.1 Å². The van der Waals surface area contributed by atoms with Crippen LogP contribution in [0.5, 0.6) is 11.5 Å². The summed E-state index contributed by atoms with van der Waals surface area (Å²) >= 11 is 0. The first kappa shape index (κ1) is 19.2. The van der Waals surface area contributed by atoms with Gasteiger partial charge in [-0.25, -0.2) is 0 Å². The first-order valence-corrected chi connectivity index (χ1v) is 9.23. The lowest BCUT2D eigenvalue weighted by molar-refractivity contribution is -0.119. The number of ether oxygens (including phenoxy) is 1. The van der Waals surface area contributed by atoms with Crippen molar-refractivity contribution in [2.75, 3.05) is 12.4 Å². The smallest absolute Gasteiger partial charge is 0.283 e. The molecule has 0 radical (unpaired) electrons. The van der Waals surface area contributed by atoms with E-state index in [0.717, 1.165) is 10.2 Å². The normalized spacial score (nSPS) is 17.6. The molecule has 2 heterocycles. The fourth-order valence-electron chi connectivity index (χ4n) is 3.76. The number of carbonyl (C=O) groups excluding carboxylic acids is 2. The zero-order valence-electron chi connectivity index (χ0n) is 16.3. The third-order valence-electron chi connectivity index (χ3n) is 5.22. The minimum atomic E-state index is -0.984.